The smallest absolute Gasteiger partial charge is 0.194 e. The van der Waals surface area contributed by atoms with Crippen LogP contribution < -0.4 is 4.74 Å². The molecule has 1 heterocycles. The van der Waals surface area contributed by atoms with Gasteiger partial charge in [-0.05, 0) is 55.7 Å². The van der Waals surface area contributed by atoms with Gasteiger partial charge in [-0.25, -0.2) is 0 Å². The third kappa shape index (κ3) is 3.41. The quantitative estimate of drug-likeness (QED) is 0.675. The Morgan fingerprint density at radius 3 is 2.55 bits per heavy atom. The van der Waals surface area contributed by atoms with Crippen molar-refractivity contribution in [3.63, 3.8) is 0 Å². The molecule has 0 aliphatic heterocycles. The molecule has 0 bridgehead atoms. The van der Waals surface area contributed by atoms with Gasteiger partial charge in [0.05, 0.1) is 6.61 Å². The number of ether oxygens (including phenoxy) is 1. The Morgan fingerprint density at radius 1 is 1.35 bits per heavy atom. The molecular weight excluding hydrogens is 294 g/mol. The molecule has 2 aromatic rings. The highest BCUT2D eigenvalue weighted by molar-refractivity contribution is 7.71. The molecule has 1 N–H and O–H groups in total. The van der Waals surface area contributed by atoms with Crippen molar-refractivity contribution in [1.82, 2.24) is 14.8 Å². The standard InChI is InChI=1S/C14H18ClN3OS/c1-9-7-11(8-10(2)13(9)15)19-6-4-5-12-16-17-14(20)18(12)3/h7-8H,4-6H2,1-3H3,(H,17,20). The van der Waals surface area contributed by atoms with E-state index in [9.17, 15) is 0 Å². The van der Waals surface area contributed by atoms with Crippen LogP contribution in [0.4, 0.5) is 0 Å². The highest BCUT2D eigenvalue weighted by atomic mass is 35.5. The summed E-state index contributed by atoms with van der Waals surface area (Å²) in [5.41, 5.74) is 2.08. The van der Waals surface area contributed by atoms with E-state index >= 15 is 0 Å². The number of aromatic nitrogens is 3. The maximum atomic E-state index is 6.13. The first-order chi connectivity index (χ1) is 9.49. The van der Waals surface area contributed by atoms with Crippen LogP contribution in [0.25, 0.3) is 0 Å². The van der Waals surface area contributed by atoms with E-state index in [1.807, 2.05) is 37.6 Å². The second-order valence-corrected chi connectivity index (χ2v) is 5.59. The number of halogens is 1. The van der Waals surface area contributed by atoms with Gasteiger partial charge in [-0.1, -0.05) is 11.6 Å². The number of H-pyrrole nitrogens is 1. The van der Waals surface area contributed by atoms with Gasteiger partial charge in [-0.2, -0.15) is 5.10 Å². The fourth-order valence-electron chi connectivity index (χ4n) is 2.01. The second kappa shape index (κ2) is 6.41. The Kier molecular flexibility index (Phi) is 4.83. The molecule has 0 unspecified atom stereocenters. The summed E-state index contributed by atoms with van der Waals surface area (Å²) in [4.78, 5) is 0. The van der Waals surface area contributed by atoms with Crippen molar-refractivity contribution < 1.29 is 4.74 Å². The molecule has 0 atom stereocenters. The topological polar surface area (TPSA) is 42.8 Å². The lowest BCUT2D eigenvalue weighted by Gasteiger charge is -2.09. The molecule has 0 fully saturated rings. The first-order valence-corrected chi connectivity index (χ1v) is 7.27. The van der Waals surface area contributed by atoms with Crippen LogP contribution in [0.15, 0.2) is 12.1 Å². The van der Waals surface area contributed by atoms with E-state index in [0.29, 0.717) is 11.4 Å². The molecule has 1 aromatic heterocycles. The summed E-state index contributed by atoms with van der Waals surface area (Å²) in [5, 5.41) is 7.75. The van der Waals surface area contributed by atoms with Crippen molar-refractivity contribution in [2.24, 2.45) is 7.05 Å². The highest BCUT2D eigenvalue weighted by Gasteiger charge is 2.05. The van der Waals surface area contributed by atoms with Crippen LogP contribution >= 0.6 is 23.8 Å². The zero-order chi connectivity index (χ0) is 14.7. The number of nitrogens with one attached hydrogen (secondary N) is 1. The summed E-state index contributed by atoms with van der Waals surface area (Å²) in [6.07, 6.45) is 1.71. The van der Waals surface area contributed by atoms with Crippen molar-refractivity contribution in [2.45, 2.75) is 26.7 Å². The van der Waals surface area contributed by atoms with Crippen LogP contribution in [0, 0.1) is 18.6 Å². The lowest BCUT2D eigenvalue weighted by atomic mass is 10.1. The van der Waals surface area contributed by atoms with Gasteiger partial charge < -0.3 is 9.30 Å². The molecule has 20 heavy (non-hydrogen) atoms. The number of nitrogens with zero attached hydrogens (tertiary/aromatic N) is 2. The van der Waals surface area contributed by atoms with Gasteiger partial charge in [0, 0.05) is 18.5 Å². The van der Waals surface area contributed by atoms with Gasteiger partial charge in [-0.15, -0.1) is 0 Å². The third-order valence-electron chi connectivity index (χ3n) is 3.20. The Balaban J connectivity index is 1.87. The number of benzene rings is 1. The van der Waals surface area contributed by atoms with Crippen LogP contribution in [0.1, 0.15) is 23.4 Å². The zero-order valence-corrected chi connectivity index (χ0v) is 13.4. The third-order valence-corrected chi connectivity index (χ3v) is 4.16. The predicted molar refractivity (Wildman–Crippen MR) is 83.1 cm³/mol. The normalized spacial score (nSPS) is 10.8. The fraction of sp³-hybridized carbons (Fsp3) is 0.429. The minimum atomic E-state index is 0.639. The molecule has 0 saturated carbocycles. The number of hydrogen-bond acceptors (Lipinski definition) is 3. The van der Waals surface area contributed by atoms with Crippen LogP contribution in [0.2, 0.25) is 5.02 Å². The fourth-order valence-corrected chi connectivity index (χ4v) is 2.27. The average Bonchev–Trinajstić information content (AvgIpc) is 2.72. The van der Waals surface area contributed by atoms with Gasteiger partial charge >= 0.3 is 0 Å². The largest absolute Gasteiger partial charge is 0.494 e. The van der Waals surface area contributed by atoms with Crippen molar-refractivity contribution in [3.8, 4) is 5.75 Å². The predicted octanol–water partition coefficient (Wildman–Crippen LogP) is 3.76. The van der Waals surface area contributed by atoms with Gasteiger partial charge in [0.25, 0.3) is 0 Å². The van der Waals surface area contributed by atoms with Crippen LogP contribution in [0.5, 0.6) is 5.75 Å². The van der Waals surface area contributed by atoms with E-state index in [-0.39, 0.29) is 0 Å². The molecule has 0 aliphatic carbocycles. The van der Waals surface area contributed by atoms with Crippen molar-refractivity contribution in [3.05, 3.63) is 38.9 Å². The van der Waals surface area contributed by atoms with E-state index in [2.05, 4.69) is 10.2 Å². The molecule has 1 aromatic carbocycles. The Labute approximate surface area is 128 Å². The molecule has 0 radical (unpaired) electrons. The SMILES string of the molecule is Cc1cc(OCCCc2n[nH]c(=S)n2C)cc(C)c1Cl. The molecule has 0 spiro atoms. The minimum Gasteiger partial charge on any atom is -0.494 e. The van der Waals surface area contributed by atoms with Crippen molar-refractivity contribution in [1.29, 1.82) is 0 Å². The van der Waals surface area contributed by atoms with Gasteiger partial charge in [0.15, 0.2) is 4.77 Å². The summed E-state index contributed by atoms with van der Waals surface area (Å²) in [6.45, 7) is 4.61. The number of aryl methyl sites for hydroxylation is 3. The Bertz CT molecular complexity index is 640. The van der Waals surface area contributed by atoms with Crippen molar-refractivity contribution in [2.75, 3.05) is 6.61 Å². The molecular formula is C14H18ClN3OS. The Morgan fingerprint density at radius 2 is 2.00 bits per heavy atom. The number of rotatable bonds is 5. The first-order valence-electron chi connectivity index (χ1n) is 6.49. The van der Waals surface area contributed by atoms with Crippen molar-refractivity contribution >= 4 is 23.8 Å². The van der Waals surface area contributed by atoms with E-state index in [1.165, 1.54) is 0 Å². The molecule has 0 saturated heterocycles. The van der Waals surface area contributed by atoms with Gasteiger partial charge in [0.1, 0.15) is 11.6 Å². The Hall–Kier alpha value is -1.33. The van der Waals surface area contributed by atoms with E-state index < -0.39 is 0 Å². The average molecular weight is 312 g/mol. The van der Waals surface area contributed by atoms with Crippen LogP contribution in [-0.4, -0.2) is 21.4 Å². The van der Waals surface area contributed by atoms with Gasteiger partial charge in [0.2, 0.25) is 0 Å². The summed E-state index contributed by atoms with van der Waals surface area (Å²) < 4.78 is 8.28. The summed E-state index contributed by atoms with van der Waals surface area (Å²) >= 11 is 11.2. The van der Waals surface area contributed by atoms with E-state index in [0.717, 1.165) is 40.6 Å². The van der Waals surface area contributed by atoms with E-state index in [4.69, 9.17) is 28.6 Å². The minimum absolute atomic E-state index is 0.639. The van der Waals surface area contributed by atoms with Crippen LogP contribution in [-0.2, 0) is 13.5 Å². The second-order valence-electron chi connectivity index (χ2n) is 4.83. The highest BCUT2D eigenvalue weighted by Crippen LogP contribution is 2.25. The molecule has 4 nitrogen and oxygen atoms in total. The molecule has 0 amide bonds. The monoisotopic (exact) mass is 311 g/mol. The van der Waals surface area contributed by atoms with Gasteiger partial charge in [-0.3, -0.25) is 5.10 Å². The molecule has 108 valence electrons. The molecule has 0 aliphatic rings. The summed E-state index contributed by atoms with van der Waals surface area (Å²) in [6, 6.07) is 3.93. The maximum Gasteiger partial charge on any atom is 0.194 e. The van der Waals surface area contributed by atoms with Crippen LogP contribution in [0.3, 0.4) is 0 Å². The zero-order valence-electron chi connectivity index (χ0n) is 11.9. The summed E-state index contributed by atoms with van der Waals surface area (Å²) in [7, 11) is 1.91. The lowest BCUT2D eigenvalue weighted by Crippen LogP contribution is -2.04. The lowest BCUT2D eigenvalue weighted by molar-refractivity contribution is 0.309. The number of hydrogen-bond donors (Lipinski definition) is 1. The maximum absolute atomic E-state index is 6.13. The molecule has 2 rings (SSSR count). The van der Waals surface area contributed by atoms with E-state index in [1.54, 1.807) is 0 Å². The summed E-state index contributed by atoms with van der Waals surface area (Å²) in [5.74, 6) is 1.81. The first kappa shape index (κ1) is 15.1. The molecule has 6 heteroatoms. The number of aromatic amines is 1.